The number of allylic oxidation sites excluding steroid dienone is 1. The van der Waals surface area contributed by atoms with Crippen LogP contribution in [0.5, 0.6) is 5.88 Å². The number of anilines is 1. The van der Waals surface area contributed by atoms with Crippen molar-refractivity contribution in [1.29, 1.82) is 0 Å². The van der Waals surface area contributed by atoms with Crippen molar-refractivity contribution in [3.05, 3.63) is 136 Å². The van der Waals surface area contributed by atoms with Crippen LogP contribution in [0.3, 0.4) is 0 Å². The summed E-state index contributed by atoms with van der Waals surface area (Å²) >= 11 is 0. The maximum atomic E-state index is 14.5. The summed E-state index contributed by atoms with van der Waals surface area (Å²) in [5.74, 6) is -1.50. The van der Waals surface area contributed by atoms with Gasteiger partial charge in [-0.1, -0.05) is 78.9 Å². The second-order valence-corrected chi connectivity index (χ2v) is 13.5. The van der Waals surface area contributed by atoms with Crippen LogP contribution in [0.4, 0.5) is 18.9 Å². The normalized spacial score (nSPS) is 18.8. The number of carbonyl (C=O) groups is 1. The lowest BCUT2D eigenvalue weighted by molar-refractivity contribution is -0.141. The van der Waals surface area contributed by atoms with Crippen molar-refractivity contribution in [1.82, 2.24) is 14.8 Å². The van der Waals surface area contributed by atoms with Crippen molar-refractivity contribution in [2.45, 2.75) is 56.8 Å². The smallest absolute Gasteiger partial charge is 0.416 e. The van der Waals surface area contributed by atoms with E-state index in [1.165, 1.54) is 23.3 Å². The number of aromatic nitrogens is 1. The number of rotatable bonds is 10. The molecule has 7 rings (SSSR count). The van der Waals surface area contributed by atoms with Gasteiger partial charge in [0.15, 0.2) is 0 Å². The van der Waals surface area contributed by atoms with Crippen LogP contribution < -0.4 is 10.1 Å². The molecule has 1 unspecified atom stereocenters. The Balaban J connectivity index is 1.08. The van der Waals surface area contributed by atoms with Crippen LogP contribution in [0.1, 0.15) is 72.4 Å². The van der Waals surface area contributed by atoms with E-state index >= 15 is 0 Å². The van der Waals surface area contributed by atoms with Crippen molar-refractivity contribution >= 4 is 11.7 Å². The van der Waals surface area contributed by atoms with Gasteiger partial charge in [0.2, 0.25) is 5.88 Å². The number of hydrogen-bond donors (Lipinski definition) is 1. The van der Waals surface area contributed by atoms with Crippen LogP contribution in [0.2, 0.25) is 0 Å². The molecule has 266 valence electrons. The Morgan fingerprint density at radius 2 is 1.51 bits per heavy atom. The second-order valence-electron chi connectivity index (χ2n) is 13.5. The van der Waals surface area contributed by atoms with Gasteiger partial charge in [0.25, 0.3) is 0 Å². The summed E-state index contributed by atoms with van der Waals surface area (Å²) in [6.45, 7) is 5.57. The number of carbonyl (C=O) groups excluding carboxylic acids is 1. The maximum Gasteiger partial charge on any atom is 0.416 e. The number of alkyl halides is 3. The summed E-state index contributed by atoms with van der Waals surface area (Å²) in [6.07, 6.45) is 0.595. The maximum absolute atomic E-state index is 14.5. The predicted octanol–water partition coefficient (Wildman–Crippen LogP) is 8.20. The monoisotopic (exact) mass is 696 g/mol. The number of halogens is 3. The van der Waals surface area contributed by atoms with E-state index in [0.29, 0.717) is 23.5 Å². The van der Waals surface area contributed by atoms with Crippen molar-refractivity contribution < 1.29 is 27.4 Å². The quantitative estimate of drug-likeness (QED) is 0.168. The minimum atomic E-state index is -4.64. The van der Waals surface area contributed by atoms with E-state index in [1.54, 1.807) is 25.3 Å². The molecule has 51 heavy (non-hydrogen) atoms. The van der Waals surface area contributed by atoms with E-state index in [-0.39, 0.29) is 35.8 Å². The Labute approximate surface area is 297 Å². The Morgan fingerprint density at radius 3 is 2.16 bits per heavy atom. The molecule has 7 nitrogen and oxygen atoms in total. The Morgan fingerprint density at radius 1 is 0.882 bits per heavy atom. The lowest BCUT2D eigenvalue weighted by atomic mass is 9.79. The SMILES string of the molecule is CC1=C(C(=O)OCCN2CCN(C(c3ccccc3)c3ccccc3)CC2)C(c2ccccc2C(F)(F)F)c2c(ccnc2OC2CCCC2)N1. The molecule has 0 bridgehead atoms. The third-order valence-electron chi connectivity index (χ3n) is 10.3. The summed E-state index contributed by atoms with van der Waals surface area (Å²) in [7, 11) is 0. The van der Waals surface area contributed by atoms with Crippen molar-refractivity contribution in [3.63, 3.8) is 0 Å². The number of esters is 1. The first-order valence-corrected chi connectivity index (χ1v) is 17.8. The average molecular weight is 697 g/mol. The molecule has 4 aromatic rings. The molecule has 10 heteroatoms. The third-order valence-corrected chi connectivity index (χ3v) is 10.3. The molecule has 3 aliphatic rings. The molecule has 2 aliphatic heterocycles. The summed E-state index contributed by atoms with van der Waals surface area (Å²) in [5.41, 5.74) is 3.19. The first-order valence-electron chi connectivity index (χ1n) is 17.8. The summed E-state index contributed by atoms with van der Waals surface area (Å²) < 4.78 is 55.8. The van der Waals surface area contributed by atoms with Gasteiger partial charge in [-0.3, -0.25) is 9.80 Å². The molecule has 0 spiro atoms. The van der Waals surface area contributed by atoms with Crippen molar-refractivity contribution in [3.8, 4) is 5.88 Å². The number of ether oxygens (including phenoxy) is 2. The number of piperazine rings is 1. The molecule has 1 atom stereocenters. The number of benzene rings is 3. The lowest BCUT2D eigenvalue weighted by Gasteiger charge is -2.39. The fourth-order valence-electron chi connectivity index (χ4n) is 7.79. The van der Waals surface area contributed by atoms with E-state index in [4.69, 9.17) is 9.47 Å². The first-order chi connectivity index (χ1) is 24.8. The van der Waals surface area contributed by atoms with Crippen molar-refractivity contribution in [2.75, 3.05) is 44.6 Å². The summed E-state index contributed by atoms with van der Waals surface area (Å²) in [5, 5.41) is 3.26. The van der Waals surface area contributed by atoms with E-state index in [9.17, 15) is 18.0 Å². The molecule has 0 radical (unpaired) electrons. The van der Waals surface area contributed by atoms with Gasteiger partial charge in [-0.15, -0.1) is 0 Å². The minimum absolute atomic E-state index is 0.0363. The fraction of sp³-hybridized carbons (Fsp3) is 0.366. The number of fused-ring (bicyclic) bond motifs is 1. The van der Waals surface area contributed by atoms with E-state index < -0.39 is 23.6 Å². The zero-order valence-electron chi connectivity index (χ0n) is 28.7. The lowest BCUT2D eigenvalue weighted by Crippen LogP contribution is -2.48. The van der Waals surface area contributed by atoms with Crippen LogP contribution in [-0.2, 0) is 15.7 Å². The second kappa shape index (κ2) is 15.3. The molecule has 0 amide bonds. The molecule has 1 N–H and O–H groups in total. The summed E-state index contributed by atoms with van der Waals surface area (Å²) in [4.78, 5) is 23.3. The first kappa shape index (κ1) is 34.8. The Kier molecular flexibility index (Phi) is 10.4. The molecule has 1 aliphatic carbocycles. The molecule has 2 fully saturated rings. The Hall–Kier alpha value is -4.67. The molecule has 1 saturated carbocycles. The number of hydrogen-bond acceptors (Lipinski definition) is 7. The minimum Gasteiger partial charge on any atom is -0.474 e. The standard InChI is InChI=1S/C41H43F3N4O3/c1-28-35(40(49)50-27-26-47-22-24-48(25-23-47)38(29-12-4-2-5-13-29)30-14-6-3-7-15-30)36(32-18-10-11-19-33(32)41(42,43)44)37-34(46-28)20-21-45-39(37)51-31-16-8-9-17-31/h2-7,10-15,18-21,31,36,38,46H,8-9,16-17,22-27H2,1H3. The molecule has 1 saturated heterocycles. The van der Waals surface area contributed by atoms with Gasteiger partial charge in [-0.05, 0) is 61.4 Å². The van der Waals surface area contributed by atoms with Crippen molar-refractivity contribution in [2.24, 2.45) is 0 Å². The molecule has 3 aromatic carbocycles. The topological polar surface area (TPSA) is 66.9 Å². The summed E-state index contributed by atoms with van der Waals surface area (Å²) in [6, 6.07) is 28.3. The fourth-order valence-corrected chi connectivity index (χ4v) is 7.79. The zero-order valence-corrected chi connectivity index (χ0v) is 28.7. The molecular formula is C41H43F3N4O3. The largest absolute Gasteiger partial charge is 0.474 e. The van der Waals surface area contributed by atoms with Crippen LogP contribution in [0.25, 0.3) is 0 Å². The van der Waals surface area contributed by atoms with Gasteiger partial charge in [0.1, 0.15) is 12.7 Å². The number of pyridine rings is 1. The van der Waals surface area contributed by atoms with E-state index in [0.717, 1.165) is 57.9 Å². The number of nitrogens with one attached hydrogen (secondary N) is 1. The molecule has 3 heterocycles. The highest BCUT2D eigenvalue weighted by Gasteiger charge is 2.42. The highest BCUT2D eigenvalue weighted by Crippen LogP contribution is 2.49. The highest BCUT2D eigenvalue weighted by molar-refractivity contribution is 5.95. The zero-order chi connectivity index (χ0) is 35.4. The van der Waals surface area contributed by atoms with E-state index in [1.807, 2.05) is 12.1 Å². The van der Waals surface area contributed by atoms with Crippen LogP contribution in [0.15, 0.2) is 108 Å². The van der Waals surface area contributed by atoms with Gasteiger partial charge >= 0.3 is 12.1 Å². The van der Waals surface area contributed by atoms with Crippen LogP contribution in [-0.4, -0.2) is 66.2 Å². The van der Waals surface area contributed by atoms with E-state index in [2.05, 4.69) is 68.6 Å². The Bertz CT molecular complexity index is 1800. The van der Waals surface area contributed by atoms with Gasteiger partial charge in [-0.2, -0.15) is 13.2 Å². The predicted molar refractivity (Wildman–Crippen MR) is 190 cm³/mol. The van der Waals surface area contributed by atoms with Gasteiger partial charge in [0, 0.05) is 55.9 Å². The molecule has 1 aromatic heterocycles. The highest BCUT2D eigenvalue weighted by atomic mass is 19.4. The van der Waals surface area contributed by atoms with Crippen LogP contribution >= 0.6 is 0 Å². The van der Waals surface area contributed by atoms with Gasteiger partial charge in [0.05, 0.1) is 23.1 Å². The van der Waals surface area contributed by atoms with Gasteiger partial charge in [-0.25, -0.2) is 9.78 Å². The third kappa shape index (κ3) is 7.67. The molecular weight excluding hydrogens is 653 g/mol. The number of nitrogens with zero attached hydrogens (tertiary/aromatic N) is 3. The van der Waals surface area contributed by atoms with Gasteiger partial charge < -0.3 is 14.8 Å². The average Bonchev–Trinajstić information content (AvgIpc) is 3.65. The van der Waals surface area contributed by atoms with Crippen LogP contribution in [0, 0.1) is 0 Å².